The standard InChI is InChI=1S/C67H85N15O15S2/c1-4-47-53(84)33-42(32-39-13-17-43(83)18-14-39)62(90)78-52(65(93)79-51(12-9-28-74-67(70)71)64(92)75-35-57(86)76-47)11-6-8-27-73-58(87)36-98-54-34-59(88)82(66(54)94)29-25-56(85)72-26-7-5-10-46(69)63(91)77-48-21-15-40(30-37(48)2)41-16-22-49(38(3)31-41)80-81-50-23-19-44-55(99(95,96)97)24-20-45(68)60(44)61(50)89/h13-24,30-31,42,46-47,51-52,54,83,89H,4-12,25-29,32-36,68-69H2,1-3H3,(H,72,85)(H,73,87)(H,75,92)(H,76,86)(H,77,91)(H,78,90)(H,79,93)(H4,70,71,74)(H,95,96,97)/t42-,46-,47+,51+,52-,54?/m1/s1. The van der Waals surface area contributed by atoms with Crippen molar-refractivity contribution in [3.8, 4) is 22.6 Å². The van der Waals surface area contributed by atoms with Gasteiger partial charge in [0.05, 0.1) is 40.7 Å². The predicted molar refractivity (Wildman–Crippen MR) is 372 cm³/mol. The zero-order chi connectivity index (χ0) is 72.1. The summed E-state index contributed by atoms with van der Waals surface area (Å²) in [4.78, 5) is 138. The molecule has 30 nitrogen and oxygen atoms in total. The highest BCUT2D eigenvalue weighted by atomic mass is 32.2. The maximum absolute atomic E-state index is 14.2. The number of aryl methyl sites for hydroxylation is 2. The number of likely N-dealkylation sites (tertiary alicyclic amines) is 1. The minimum Gasteiger partial charge on any atom is -0.508 e. The van der Waals surface area contributed by atoms with Crippen molar-refractivity contribution in [2.45, 2.75) is 139 Å². The van der Waals surface area contributed by atoms with Crippen LogP contribution in [0.2, 0.25) is 0 Å². The van der Waals surface area contributed by atoms with Crippen LogP contribution in [-0.2, 0) is 64.5 Å². The highest BCUT2D eigenvalue weighted by molar-refractivity contribution is 8.01. The molecule has 2 fully saturated rings. The van der Waals surface area contributed by atoms with Crippen molar-refractivity contribution in [2.75, 3.05) is 49.5 Å². The molecule has 530 valence electrons. The molecule has 7 rings (SSSR count). The molecule has 2 aliphatic rings. The molecule has 2 heterocycles. The van der Waals surface area contributed by atoms with Crippen LogP contribution in [0.15, 0.2) is 105 Å². The number of fused-ring (bicyclic) bond motifs is 1. The van der Waals surface area contributed by atoms with E-state index in [1.807, 2.05) is 38.1 Å². The van der Waals surface area contributed by atoms with Crippen LogP contribution >= 0.6 is 11.8 Å². The first-order chi connectivity index (χ1) is 47.1. The fourth-order valence-electron chi connectivity index (χ4n) is 11.2. The van der Waals surface area contributed by atoms with Crippen molar-refractivity contribution < 1.29 is 71.1 Å². The van der Waals surface area contributed by atoms with E-state index in [1.54, 1.807) is 31.2 Å². The van der Waals surface area contributed by atoms with Gasteiger partial charge in [0.1, 0.15) is 28.4 Å². The summed E-state index contributed by atoms with van der Waals surface area (Å²) in [6.45, 7) is 5.20. The van der Waals surface area contributed by atoms with E-state index >= 15 is 0 Å². The Morgan fingerprint density at radius 1 is 0.737 bits per heavy atom. The third-order valence-corrected chi connectivity index (χ3v) is 18.8. The van der Waals surface area contributed by atoms with Gasteiger partial charge in [0, 0.05) is 68.1 Å². The van der Waals surface area contributed by atoms with E-state index in [2.05, 4.69) is 52.4 Å². The number of nitrogen functional groups attached to an aromatic ring is 1. The second-order valence-electron chi connectivity index (χ2n) is 24.2. The number of imide groups is 1. The van der Waals surface area contributed by atoms with Crippen LogP contribution in [0.5, 0.6) is 11.5 Å². The van der Waals surface area contributed by atoms with Gasteiger partial charge >= 0.3 is 0 Å². The number of carbonyl (C=O) groups is 10. The number of hydrogen-bond acceptors (Lipinski definition) is 20. The zero-order valence-electron chi connectivity index (χ0n) is 55.1. The number of Topliss-reactive ketones (excluding diaryl/α,β-unsaturated/α-hetero) is 1. The molecule has 0 aromatic heterocycles. The van der Waals surface area contributed by atoms with Gasteiger partial charge in [0.2, 0.25) is 53.2 Å². The van der Waals surface area contributed by atoms with Crippen LogP contribution in [0.4, 0.5) is 22.7 Å². The van der Waals surface area contributed by atoms with Gasteiger partial charge in [0.15, 0.2) is 17.5 Å². The lowest BCUT2D eigenvalue weighted by Crippen LogP contribution is -2.55. The fraction of sp³-hybridized carbons (Fsp3) is 0.418. The average molecular weight is 1400 g/mol. The number of nitrogens with two attached hydrogens (primary N) is 4. The maximum atomic E-state index is 14.2. The Morgan fingerprint density at radius 2 is 1.38 bits per heavy atom. The van der Waals surface area contributed by atoms with E-state index in [0.29, 0.717) is 42.6 Å². The number of phenols is 2. The van der Waals surface area contributed by atoms with Crippen molar-refractivity contribution in [2.24, 2.45) is 38.3 Å². The van der Waals surface area contributed by atoms with Crippen LogP contribution in [0.1, 0.15) is 101 Å². The third kappa shape index (κ3) is 22.2. The highest BCUT2D eigenvalue weighted by Crippen LogP contribution is 2.41. The van der Waals surface area contributed by atoms with Gasteiger partial charge in [-0.05, 0) is 160 Å². The topological polar surface area (TPSA) is 494 Å². The largest absolute Gasteiger partial charge is 0.508 e. The number of rotatable bonds is 29. The van der Waals surface area contributed by atoms with Crippen molar-refractivity contribution in [3.05, 3.63) is 102 Å². The van der Waals surface area contributed by atoms with E-state index in [1.165, 1.54) is 30.3 Å². The summed E-state index contributed by atoms with van der Waals surface area (Å²) in [5.41, 5.74) is 28.2. The number of unbranched alkanes of at least 4 members (excludes halogenated alkanes) is 2. The number of thioether (sulfide) groups is 1. The lowest BCUT2D eigenvalue weighted by atomic mass is 9.90. The highest BCUT2D eigenvalue weighted by Gasteiger charge is 2.39. The van der Waals surface area contributed by atoms with Gasteiger partial charge in [0.25, 0.3) is 10.1 Å². The predicted octanol–water partition coefficient (Wildman–Crippen LogP) is 3.73. The van der Waals surface area contributed by atoms with Crippen LogP contribution in [0, 0.1) is 19.8 Å². The number of carbonyl (C=O) groups excluding carboxylic acids is 10. The Kier molecular flexibility index (Phi) is 27.7. The fourth-order valence-corrected chi connectivity index (χ4v) is 12.9. The number of anilines is 2. The van der Waals surface area contributed by atoms with Crippen LogP contribution < -0.4 is 60.2 Å². The molecular formula is C67H85N15O15S2. The molecule has 32 heteroatoms. The summed E-state index contributed by atoms with van der Waals surface area (Å²) >= 11 is 0.982. The number of ketones is 1. The van der Waals surface area contributed by atoms with Gasteiger partial charge in [-0.25, -0.2) is 0 Å². The lowest BCUT2D eigenvalue weighted by molar-refractivity contribution is -0.138. The molecule has 2 aliphatic heterocycles. The van der Waals surface area contributed by atoms with Crippen LogP contribution in [-0.4, -0.2) is 161 Å². The Balaban J connectivity index is 0.812. The zero-order valence-corrected chi connectivity index (χ0v) is 56.8. The number of nitrogens with zero attached hydrogens (tertiary/aromatic N) is 4. The number of aliphatic imine (C=N–C) groups is 1. The maximum Gasteiger partial charge on any atom is 0.295 e. The molecule has 0 saturated carbocycles. The molecular weight excluding hydrogens is 1320 g/mol. The van der Waals surface area contributed by atoms with E-state index in [9.17, 15) is 71.1 Å². The molecule has 5 aromatic rings. The lowest BCUT2D eigenvalue weighted by Gasteiger charge is -2.25. The number of amides is 9. The first kappa shape index (κ1) is 76.3. The summed E-state index contributed by atoms with van der Waals surface area (Å²) in [5.74, 6) is -7.19. The Morgan fingerprint density at radius 3 is 2.07 bits per heavy atom. The van der Waals surface area contributed by atoms with Crippen molar-refractivity contribution in [1.29, 1.82) is 0 Å². The Labute approximate surface area is 576 Å². The van der Waals surface area contributed by atoms with Crippen molar-refractivity contribution >= 4 is 120 Å². The molecule has 0 radical (unpaired) electrons. The molecule has 9 amide bonds. The SMILES string of the molecule is CC[C@@H]1NC(=O)CNC(=O)[C@H](CCCN=C(N)N)NC(=O)[C@@H](CCCCNC(=O)CSC2CC(=O)N(CCC(=O)NCCCC[C@@H](N)C(=O)Nc3ccc(-c4ccc(N=Nc5ccc6c(S(=O)(=O)O)ccc(N)c6c5O)c(C)c4)cc3C)C2=O)NC(=O)[C@H](Cc2ccc(O)cc2)CC1=O. The van der Waals surface area contributed by atoms with Crippen molar-refractivity contribution in [3.63, 3.8) is 0 Å². The summed E-state index contributed by atoms with van der Waals surface area (Å²) in [7, 11) is -4.60. The molecule has 6 atom stereocenters. The monoisotopic (exact) mass is 1400 g/mol. The summed E-state index contributed by atoms with van der Waals surface area (Å²) in [6, 6.07) is 17.9. The number of azo groups is 1. The third-order valence-electron chi connectivity index (χ3n) is 16.7. The number of nitrogens with one attached hydrogen (secondary N) is 7. The van der Waals surface area contributed by atoms with E-state index in [-0.39, 0.29) is 124 Å². The number of aromatic hydroxyl groups is 2. The van der Waals surface area contributed by atoms with Gasteiger partial charge in [-0.15, -0.1) is 16.9 Å². The molecule has 0 aliphatic carbocycles. The molecule has 1 unspecified atom stereocenters. The minimum absolute atomic E-state index is 0.00382. The second-order valence-corrected chi connectivity index (χ2v) is 26.8. The molecule has 0 spiro atoms. The molecule has 5 aromatic carbocycles. The van der Waals surface area contributed by atoms with Gasteiger partial charge in [-0.3, -0.25) is 62.4 Å². The molecule has 2 saturated heterocycles. The molecule has 99 heavy (non-hydrogen) atoms. The van der Waals surface area contributed by atoms with Gasteiger partial charge in [-0.1, -0.05) is 37.3 Å². The normalized spacial score (nSPS) is 18.4. The van der Waals surface area contributed by atoms with E-state index < -0.39 is 122 Å². The van der Waals surface area contributed by atoms with Crippen LogP contribution in [0.25, 0.3) is 21.9 Å². The quantitative estimate of drug-likeness (QED) is 0.00617. The second kappa shape index (κ2) is 36.0. The van der Waals surface area contributed by atoms with Crippen LogP contribution in [0.3, 0.4) is 0 Å². The number of benzene rings is 5. The molecule has 0 bridgehead atoms. The number of guanidine groups is 1. The summed E-state index contributed by atoms with van der Waals surface area (Å²) in [6.07, 6.45) is 1.82. The first-order valence-corrected chi connectivity index (χ1v) is 34.8. The van der Waals surface area contributed by atoms with Gasteiger partial charge < -0.3 is 70.4 Å². The number of hydrogen-bond donors (Lipinski definition) is 14. The Hall–Kier alpha value is -10.1. The average Bonchev–Trinajstić information content (AvgIpc) is 1.37. The summed E-state index contributed by atoms with van der Waals surface area (Å²) in [5, 5.41) is 47.5. The van der Waals surface area contributed by atoms with E-state index in [4.69, 9.17) is 22.9 Å². The van der Waals surface area contributed by atoms with E-state index in [0.717, 1.165) is 45.0 Å². The van der Waals surface area contributed by atoms with Crippen molar-refractivity contribution in [1.82, 2.24) is 36.8 Å². The smallest absolute Gasteiger partial charge is 0.295 e. The molecule has 18 N–H and O–H groups in total. The minimum atomic E-state index is -4.60. The first-order valence-electron chi connectivity index (χ1n) is 32.3. The summed E-state index contributed by atoms with van der Waals surface area (Å²) < 4.78 is 33.5. The van der Waals surface area contributed by atoms with Gasteiger partial charge in [-0.2, -0.15) is 13.5 Å². The number of phenolic OH excluding ortho intramolecular Hbond substituents is 2. The Bertz CT molecular complexity index is 4020.